The fourth-order valence-electron chi connectivity index (χ4n) is 1.68. The lowest BCUT2D eigenvalue weighted by Gasteiger charge is -2.06. The first-order chi connectivity index (χ1) is 8.11. The number of rotatable bonds is 3. The fraction of sp³-hybridized carbons (Fsp3) is 0.308. The van der Waals surface area contributed by atoms with Gasteiger partial charge in [-0.3, -0.25) is 4.68 Å². The van der Waals surface area contributed by atoms with Crippen LogP contribution in [-0.4, -0.2) is 14.9 Å². The number of aromatic nitrogens is 2. The first kappa shape index (κ1) is 11.7. The second kappa shape index (κ2) is 4.59. The van der Waals surface area contributed by atoms with E-state index in [0.717, 1.165) is 28.5 Å². The molecular formula is C13H16N2O2. The summed E-state index contributed by atoms with van der Waals surface area (Å²) in [5.74, 6) is 1.55. The number of benzene rings is 1. The predicted octanol–water partition coefficient (Wildman–Crippen LogP) is 2.32. The topological polar surface area (TPSA) is 47.3 Å². The molecule has 0 unspecified atom stereocenters. The van der Waals surface area contributed by atoms with Gasteiger partial charge in [0, 0.05) is 7.05 Å². The SMILES string of the molecule is Cc1nn(C)c(C)c1Oc1ccc(CO)cc1. The van der Waals surface area contributed by atoms with Gasteiger partial charge < -0.3 is 9.84 Å². The molecule has 4 heteroatoms. The Hall–Kier alpha value is -1.81. The molecule has 0 aliphatic carbocycles. The zero-order chi connectivity index (χ0) is 12.4. The van der Waals surface area contributed by atoms with Gasteiger partial charge in [0.05, 0.1) is 12.3 Å². The van der Waals surface area contributed by atoms with Crippen molar-refractivity contribution in [3.05, 3.63) is 41.2 Å². The number of nitrogens with zero attached hydrogens (tertiary/aromatic N) is 2. The molecule has 0 aliphatic heterocycles. The Morgan fingerprint density at radius 3 is 2.35 bits per heavy atom. The van der Waals surface area contributed by atoms with Crippen molar-refractivity contribution >= 4 is 0 Å². The third-order valence-electron chi connectivity index (χ3n) is 2.77. The zero-order valence-electron chi connectivity index (χ0n) is 10.3. The molecule has 2 aromatic rings. The van der Waals surface area contributed by atoms with Gasteiger partial charge in [-0.15, -0.1) is 0 Å². The minimum Gasteiger partial charge on any atom is -0.453 e. The normalized spacial score (nSPS) is 10.6. The van der Waals surface area contributed by atoms with E-state index in [1.807, 2.05) is 45.2 Å². The molecule has 1 aromatic heterocycles. The summed E-state index contributed by atoms with van der Waals surface area (Å²) in [5.41, 5.74) is 2.74. The van der Waals surface area contributed by atoms with Crippen molar-refractivity contribution < 1.29 is 9.84 Å². The van der Waals surface area contributed by atoms with Crippen molar-refractivity contribution in [1.82, 2.24) is 9.78 Å². The zero-order valence-corrected chi connectivity index (χ0v) is 10.3. The molecule has 4 nitrogen and oxygen atoms in total. The van der Waals surface area contributed by atoms with E-state index in [1.165, 1.54) is 0 Å². The number of aliphatic hydroxyl groups is 1. The Morgan fingerprint density at radius 1 is 1.24 bits per heavy atom. The standard InChI is InChI=1S/C13H16N2O2/c1-9-13(10(2)15(3)14-9)17-12-6-4-11(8-16)5-7-12/h4-7,16H,8H2,1-3H3. The van der Waals surface area contributed by atoms with E-state index < -0.39 is 0 Å². The summed E-state index contributed by atoms with van der Waals surface area (Å²) in [5, 5.41) is 13.2. The third kappa shape index (κ3) is 2.31. The molecule has 0 radical (unpaired) electrons. The van der Waals surface area contributed by atoms with Gasteiger partial charge in [-0.2, -0.15) is 5.10 Å². The Labute approximate surface area is 100 Å². The van der Waals surface area contributed by atoms with Crippen molar-refractivity contribution in [3.8, 4) is 11.5 Å². The minimum atomic E-state index is 0.0469. The molecule has 17 heavy (non-hydrogen) atoms. The van der Waals surface area contributed by atoms with E-state index in [9.17, 15) is 0 Å². The highest BCUT2D eigenvalue weighted by Crippen LogP contribution is 2.27. The minimum absolute atomic E-state index is 0.0469. The van der Waals surface area contributed by atoms with Crippen molar-refractivity contribution in [2.24, 2.45) is 7.05 Å². The summed E-state index contributed by atoms with van der Waals surface area (Å²) < 4.78 is 7.59. The molecule has 1 N–H and O–H groups in total. The Bertz CT molecular complexity index is 515. The van der Waals surface area contributed by atoms with Gasteiger partial charge in [0.25, 0.3) is 0 Å². The second-order valence-electron chi connectivity index (χ2n) is 4.03. The molecule has 0 atom stereocenters. The molecule has 0 saturated heterocycles. The average molecular weight is 232 g/mol. The molecule has 0 bridgehead atoms. The van der Waals surface area contributed by atoms with Crippen LogP contribution in [0.1, 0.15) is 17.0 Å². The first-order valence-electron chi connectivity index (χ1n) is 5.49. The smallest absolute Gasteiger partial charge is 0.171 e. The van der Waals surface area contributed by atoms with Crippen LogP contribution >= 0.6 is 0 Å². The molecule has 1 aromatic carbocycles. The predicted molar refractivity (Wildman–Crippen MR) is 65.1 cm³/mol. The Kier molecular flexibility index (Phi) is 3.15. The van der Waals surface area contributed by atoms with Crippen LogP contribution in [-0.2, 0) is 13.7 Å². The van der Waals surface area contributed by atoms with Gasteiger partial charge in [-0.05, 0) is 31.5 Å². The van der Waals surface area contributed by atoms with Crippen molar-refractivity contribution in [3.63, 3.8) is 0 Å². The molecule has 0 spiro atoms. The highest BCUT2D eigenvalue weighted by Gasteiger charge is 2.11. The summed E-state index contributed by atoms with van der Waals surface area (Å²) in [4.78, 5) is 0. The highest BCUT2D eigenvalue weighted by molar-refractivity contribution is 5.38. The number of aryl methyl sites for hydroxylation is 2. The number of hydrogen-bond donors (Lipinski definition) is 1. The van der Waals surface area contributed by atoms with Gasteiger partial charge in [0.2, 0.25) is 0 Å². The van der Waals surface area contributed by atoms with Crippen molar-refractivity contribution in [2.45, 2.75) is 20.5 Å². The lowest BCUT2D eigenvalue weighted by molar-refractivity contribution is 0.281. The Balaban J connectivity index is 2.25. The average Bonchev–Trinajstić information content (AvgIpc) is 2.57. The van der Waals surface area contributed by atoms with E-state index >= 15 is 0 Å². The molecule has 0 amide bonds. The maximum atomic E-state index is 8.96. The molecule has 90 valence electrons. The van der Waals surface area contributed by atoms with Gasteiger partial charge in [0.1, 0.15) is 11.4 Å². The molecule has 1 heterocycles. The summed E-state index contributed by atoms with van der Waals surface area (Å²) in [7, 11) is 1.89. The van der Waals surface area contributed by atoms with Crippen LogP contribution in [0.25, 0.3) is 0 Å². The highest BCUT2D eigenvalue weighted by atomic mass is 16.5. The number of aliphatic hydroxyl groups excluding tert-OH is 1. The molecule has 0 aliphatic rings. The summed E-state index contributed by atoms with van der Waals surface area (Å²) in [6.07, 6.45) is 0. The monoisotopic (exact) mass is 232 g/mol. The molecule has 0 fully saturated rings. The first-order valence-corrected chi connectivity index (χ1v) is 5.49. The molecular weight excluding hydrogens is 216 g/mol. The van der Waals surface area contributed by atoms with Crippen LogP contribution in [0.2, 0.25) is 0 Å². The van der Waals surface area contributed by atoms with Gasteiger partial charge in [-0.1, -0.05) is 12.1 Å². The number of ether oxygens (including phenoxy) is 1. The van der Waals surface area contributed by atoms with E-state index in [1.54, 1.807) is 4.68 Å². The van der Waals surface area contributed by atoms with Crippen LogP contribution in [0.3, 0.4) is 0 Å². The Morgan fingerprint density at radius 2 is 1.88 bits per heavy atom. The lowest BCUT2D eigenvalue weighted by atomic mass is 10.2. The fourth-order valence-corrected chi connectivity index (χ4v) is 1.68. The second-order valence-corrected chi connectivity index (χ2v) is 4.03. The number of hydrogen-bond acceptors (Lipinski definition) is 3. The third-order valence-corrected chi connectivity index (χ3v) is 2.77. The molecule has 2 rings (SSSR count). The van der Waals surface area contributed by atoms with Crippen LogP contribution in [0.5, 0.6) is 11.5 Å². The molecule has 0 saturated carbocycles. The largest absolute Gasteiger partial charge is 0.453 e. The van der Waals surface area contributed by atoms with E-state index in [2.05, 4.69) is 5.10 Å². The van der Waals surface area contributed by atoms with Crippen LogP contribution < -0.4 is 4.74 Å². The van der Waals surface area contributed by atoms with E-state index in [-0.39, 0.29) is 6.61 Å². The summed E-state index contributed by atoms with van der Waals surface area (Å²) in [6, 6.07) is 7.38. The van der Waals surface area contributed by atoms with Crippen LogP contribution in [0.4, 0.5) is 0 Å². The van der Waals surface area contributed by atoms with Gasteiger partial charge in [-0.25, -0.2) is 0 Å². The van der Waals surface area contributed by atoms with Crippen molar-refractivity contribution in [1.29, 1.82) is 0 Å². The van der Waals surface area contributed by atoms with E-state index in [0.29, 0.717) is 0 Å². The van der Waals surface area contributed by atoms with Crippen LogP contribution in [0, 0.1) is 13.8 Å². The maximum Gasteiger partial charge on any atom is 0.171 e. The van der Waals surface area contributed by atoms with Gasteiger partial charge in [0.15, 0.2) is 5.75 Å². The van der Waals surface area contributed by atoms with E-state index in [4.69, 9.17) is 9.84 Å². The van der Waals surface area contributed by atoms with Crippen molar-refractivity contribution in [2.75, 3.05) is 0 Å². The quantitative estimate of drug-likeness (QED) is 0.883. The van der Waals surface area contributed by atoms with Gasteiger partial charge >= 0.3 is 0 Å². The maximum absolute atomic E-state index is 8.96. The lowest BCUT2D eigenvalue weighted by Crippen LogP contribution is -1.93. The summed E-state index contributed by atoms with van der Waals surface area (Å²) >= 11 is 0. The van der Waals surface area contributed by atoms with Crippen LogP contribution in [0.15, 0.2) is 24.3 Å². The summed E-state index contributed by atoms with van der Waals surface area (Å²) in [6.45, 7) is 3.94.